The van der Waals surface area contributed by atoms with Crippen molar-refractivity contribution in [3.63, 3.8) is 0 Å². The molecule has 0 aliphatic carbocycles. The van der Waals surface area contributed by atoms with E-state index in [1.807, 2.05) is 0 Å². The van der Waals surface area contributed by atoms with E-state index >= 15 is 0 Å². The van der Waals surface area contributed by atoms with Gasteiger partial charge in [-0.25, -0.2) is 0 Å². The molecule has 118 valence electrons. The topological polar surface area (TPSA) is 21.3 Å². The lowest BCUT2D eigenvalue weighted by atomic mass is 10.1. The number of hydrogen-bond acceptors (Lipinski definition) is 2. The lowest BCUT2D eigenvalue weighted by Gasteiger charge is -2.10. The van der Waals surface area contributed by atoms with Gasteiger partial charge in [0, 0.05) is 23.0 Å². The quantitative estimate of drug-likeness (QED) is 0.582. The fourth-order valence-electron chi connectivity index (χ4n) is 2.91. The molecule has 0 spiro atoms. The first-order chi connectivity index (χ1) is 10.3. The van der Waals surface area contributed by atoms with Crippen molar-refractivity contribution < 1.29 is 4.74 Å². The van der Waals surface area contributed by atoms with Crippen LogP contribution in [0.5, 0.6) is 5.75 Å². The van der Waals surface area contributed by atoms with E-state index in [9.17, 15) is 0 Å². The van der Waals surface area contributed by atoms with Crippen molar-refractivity contribution >= 4 is 15.9 Å². The van der Waals surface area contributed by atoms with E-state index in [1.165, 1.54) is 60.5 Å². The Morgan fingerprint density at radius 1 is 1.10 bits per heavy atom. The van der Waals surface area contributed by atoms with Crippen LogP contribution in [0, 0.1) is 0 Å². The maximum absolute atomic E-state index is 5.76. The zero-order valence-corrected chi connectivity index (χ0v) is 14.8. The minimum absolute atomic E-state index is 0.830. The molecule has 1 aromatic rings. The molecule has 0 atom stereocenters. The molecule has 3 heteroatoms. The second-order valence-electron chi connectivity index (χ2n) is 5.95. The summed E-state index contributed by atoms with van der Waals surface area (Å²) in [6.45, 7) is 5.12. The first-order valence-electron chi connectivity index (χ1n) is 8.46. The van der Waals surface area contributed by atoms with Crippen molar-refractivity contribution in [2.45, 2.75) is 64.8 Å². The van der Waals surface area contributed by atoms with Crippen LogP contribution in [0.25, 0.3) is 0 Å². The van der Waals surface area contributed by atoms with Crippen LogP contribution >= 0.6 is 15.9 Å². The summed E-state index contributed by atoms with van der Waals surface area (Å²) in [5.41, 5.74) is 2.64. The molecule has 2 rings (SSSR count). The molecule has 0 unspecified atom stereocenters. The largest absolute Gasteiger partial charge is 0.493 e. The molecular weight excluding hydrogens is 326 g/mol. The summed E-state index contributed by atoms with van der Waals surface area (Å²) in [4.78, 5) is 0. The molecule has 1 aliphatic rings. The Labute approximate surface area is 137 Å². The number of hydrogen-bond donors (Lipinski definition) is 1. The van der Waals surface area contributed by atoms with Crippen LogP contribution in [0.2, 0.25) is 0 Å². The van der Waals surface area contributed by atoms with E-state index in [1.54, 1.807) is 0 Å². The Kier molecular flexibility index (Phi) is 7.59. The smallest absolute Gasteiger partial charge is 0.127 e. The number of fused-ring (bicyclic) bond motifs is 1. The Balaban J connectivity index is 1.61. The highest BCUT2D eigenvalue weighted by Crippen LogP contribution is 2.32. The fourth-order valence-corrected chi connectivity index (χ4v) is 3.46. The van der Waals surface area contributed by atoms with Crippen molar-refractivity contribution in [1.82, 2.24) is 5.32 Å². The Morgan fingerprint density at radius 3 is 2.67 bits per heavy atom. The van der Waals surface area contributed by atoms with Crippen molar-refractivity contribution in [3.8, 4) is 5.75 Å². The second kappa shape index (κ2) is 9.47. The number of nitrogens with one attached hydrogen (secondary N) is 1. The maximum Gasteiger partial charge on any atom is 0.127 e. The van der Waals surface area contributed by atoms with E-state index in [0.717, 1.165) is 31.9 Å². The monoisotopic (exact) mass is 353 g/mol. The van der Waals surface area contributed by atoms with Gasteiger partial charge in [0.1, 0.15) is 5.75 Å². The molecule has 1 N–H and O–H groups in total. The van der Waals surface area contributed by atoms with Crippen molar-refractivity contribution in [2.24, 2.45) is 0 Å². The van der Waals surface area contributed by atoms with Crippen LogP contribution in [0.15, 0.2) is 16.6 Å². The summed E-state index contributed by atoms with van der Waals surface area (Å²) in [5.74, 6) is 1.12. The van der Waals surface area contributed by atoms with Gasteiger partial charge in [-0.2, -0.15) is 0 Å². The van der Waals surface area contributed by atoms with Crippen molar-refractivity contribution in [1.29, 1.82) is 0 Å². The molecule has 2 nitrogen and oxygen atoms in total. The molecule has 0 saturated carbocycles. The number of halogens is 1. The first-order valence-corrected chi connectivity index (χ1v) is 9.25. The first kappa shape index (κ1) is 16.8. The summed E-state index contributed by atoms with van der Waals surface area (Å²) in [6, 6.07) is 4.37. The van der Waals surface area contributed by atoms with Crippen LogP contribution in [0.4, 0.5) is 0 Å². The van der Waals surface area contributed by atoms with Gasteiger partial charge in [-0.1, -0.05) is 61.4 Å². The predicted molar refractivity (Wildman–Crippen MR) is 93.0 cm³/mol. The second-order valence-corrected chi connectivity index (χ2v) is 6.87. The molecule has 0 amide bonds. The highest BCUT2D eigenvalue weighted by molar-refractivity contribution is 9.10. The third-order valence-electron chi connectivity index (χ3n) is 4.10. The molecule has 0 fully saturated rings. The van der Waals surface area contributed by atoms with Crippen LogP contribution in [0.1, 0.15) is 63.0 Å². The zero-order valence-electron chi connectivity index (χ0n) is 13.2. The minimum Gasteiger partial charge on any atom is -0.493 e. The van der Waals surface area contributed by atoms with Crippen LogP contribution in [-0.4, -0.2) is 13.2 Å². The van der Waals surface area contributed by atoms with E-state index in [0.29, 0.717) is 0 Å². The standard InChI is InChI=1S/C18H28BrNO/c1-2-3-4-5-6-7-8-10-20-14-16-13-17(19)12-15-9-11-21-18(15)16/h12-13,20H,2-11,14H2,1H3. The Hall–Kier alpha value is -0.540. The summed E-state index contributed by atoms with van der Waals surface area (Å²) in [6.07, 6.45) is 10.6. The number of unbranched alkanes of at least 4 members (excludes halogenated alkanes) is 6. The Bertz CT molecular complexity index is 433. The molecule has 1 heterocycles. The van der Waals surface area contributed by atoms with Gasteiger partial charge in [-0.05, 0) is 30.7 Å². The van der Waals surface area contributed by atoms with Gasteiger partial charge in [-0.15, -0.1) is 0 Å². The third kappa shape index (κ3) is 5.63. The molecule has 0 bridgehead atoms. The van der Waals surface area contributed by atoms with Gasteiger partial charge >= 0.3 is 0 Å². The number of rotatable bonds is 10. The fraction of sp³-hybridized carbons (Fsp3) is 0.667. The van der Waals surface area contributed by atoms with Gasteiger partial charge in [0.05, 0.1) is 6.61 Å². The molecule has 0 radical (unpaired) electrons. The lowest BCUT2D eigenvalue weighted by Crippen LogP contribution is -2.15. The van der Waals surface area contributed by atoms with Crippen LogP contribution in [0.3, 0.4) is 0 Å². The molecule has 21 heavy (non-hydrogen) atoms. The van der Waals surface area contributed by atoms with Gasteiger partial charge < -0.3 is 10.1 Å². The zero-order chi connectivity index (χ0) is 14.9. The van der Waals surface area contributed by atoms with E-state index in [2.05, 4.69) is 40.3 Å². The van der Waals surface area contributed by atoms with Crippen molar-refractivity contribution in [2.75, 3.05) is 13.2 Å². The lowest BCUT2D eigenvalue weighted by molar-refractivity contribution is 0.352. The summed E-state index contributed by atoms with van der Waals surface area (Å²) in [5, 5.41) is 3.56. The third-order valence-corrected chi connectivity index (χ3v) is 4.56. The van der Waals surface area contributed by atoms with Gasteiger partial charge in [0.2, 0.25) is 0 Å². The average molecular weight is 354 g/mol. The predicted octanol–water partition coefficient (Wildman–Crippen LogP) is 5.22. The van der Waals surface area contributed by atoms with E-state index in [4.69, 9.17) is 4.74 Å². The summed E-state index contributed by atoms with van der Waals surface area (Å²) in [7, 11) is 0. The summed E-state index contributed by atoms with van der Waals surface area (Å²) >= 11 is 3.60. The van der Waals surface area contributed by atoms with Gasteiger partial charge in [0.25, 0.3) is 0 Å². The van der Waals surface area contributed by atoms with Gasteiger partial charge in [0.15, 0.2) is 0 Å². The molecule has 0 saturated heterocycles. The minimum atomic E-state index is 0.830. The number of ether oxygens (including phenoxy) is 1. The van der Waals surface area contributed by atoms with E-state index < -0.39 is 0 Å². The highest BCUT2D eigenvalue weighted by Gasteiger charge is 2.16. The normalized spacial score (nSPS) is 13.2. The average Bonchev–Trinajstić information content (AvgIpc) is 2.93. The maximum atomic E-state index is 5.76. The van der Waals surface area contributed by atoms with Crippen LogP contribution < -0.4 is 10.1 Å². The SMILES string of the molecule is CCCCCCCCCNCc1cc(Br)cc2c1OCC2. The van der Waals surface area contributed by atoms with Crippen LogP contribution in [-0.2, 0) is 13.0 Å². The Morgan fingerprint density at radius 2 is 1.86 bits per heavy atom. The molecule has 1 aromatic carbocycles. The van der Waals surface area contributed by atoms with Crippen molar-refractivity contribution in [3.05, 3.63) is 27.7 Å². The molecular formula is C18H28BrNO. The highest BCUT2D eigenvalue weighted by atomic mass is 79.9. The molecule has 0 aromatic heterocycles. The van der Waals surface area contributed by atoms with E-state index in [-0.39, 0.29) is 0 Å². The molecule has 1 aliphatic heterocycles. The summed E-state index contributed by atoms with van der Waals surface area (Å²) < 4.78 is 6.92. The number of benzene rings is 1. The van der Waals surface area contributed by atoms with Gasteiger partial charge in [-0.3, -0.25) is 0 Å².